The van der Waals surface area contributed by atoms with Crippen LogP contribution in [0.25, 0.3) is 0 Å². The predicted molar refractivity (Wildman–Crippen MR) is 166 cm³/mol. The molecule has 0 heterocycles. The molecule has 2 N–H and O–H groups in total. The van der Waals surface area contributed by atoms with E-state index in [2.05, 4.69) is 31.4 Å². The van der Waals surface area contributed by atoms with Crippen molar-refractivity contribution in [3.63, 3.8) is 0 Å². The zero-order valence-corrected chi connectivity index (χ0v) is 24.9. The molecule has 41 heavy (non-hydrogen) atoms. The van der Waals surface area contributed by atoms with Crippen LogP contribution in [0.1, 0.15) is 52.6 Å². The molecule has 0 aliphatic carbocycles. The maximum Gasteiger partial charge on any atom is 0.255 e. The summed E-state index contributed by atoms with van der Waals surface area (Å²) in [5.41, 5.74) is 4.10. The first-order valence-electron chi connectivity index (χ1n) is 13.0. The second kappa shape index (κ2) is 12.2. The van der Waals surface area contributed by atoms with Gasteiger partial charge in [-0.3, -0.25) is 13.9 Å². The molecule has 0 saturated carbocycles. The molecule has 0 radical (unpaired) electrons. The average Bonchev–Trinajstić information content (AvgIpc) is 2.92. The number of anilines is 3. The molecule has 0 unspecified atom stereocenters. The molecule has 0 spiro atoms. The van der Waals surface area contributed by atoms with Gasteiger partial charge in [-0.25, -0.2) is 8.42 Å². The maximum absolute atomic E-state index is 12.9. The van der Waals surface area contributed by atoms with E-state index in [1.54, 1.807) is 84.9 Å². The van der Waals surface area contributed by atoms with Gasteiger partial charge in [0.1, 0.15) is 0 Å². The summed E-state index contributed by atoms with van der Waals surface area (Å²) >= 11 is 6.24. The van der Waals surface area contributed by atoms with Gasteiger partial charge in [-0.05, 0) is 77.2 Å². The highest BCUT2D eigenvalue weighted by Crippen LogP contribution is 2.26. The zero-order chi connectivity index (χ0) is 29.8. The van der Waals surface area contributed by atoms with Crippen molar-refractivity contribution in [1.82, 2.24) is 0 Å². The third-order valence-corrected chi connectivity index (χ3v) is 7.99. The van der Waals surface area contributed by atoms with Gasteiger partial charge < -0.3 is 10.6 Å². The third kappa shape index (κ3) is 7.74. The molecule has 7 nitrogen and oxygen atoms in total. The van der Waals surface area contributed by atoms with E-state index < -0.39 is 10.0 Å². The highest BCUT2D eigenvalue weighted by atomic mass is 35.5. The van der Waals surface area contributed by atoms with E-state index in [9.17, 15) is 18.0 Å². The Hall–Kier alpha value is -4.14. The Balaban J connectivity index is 1.44. The molecule has 0 aliphatic heterocycles. The lowest BCUT2D eigenvalue weighted by atomic mass is 9.87. The van der Waals surface area contributed by atoms with Gasteiger partial charge in [0.25, 0.3) is 11.8 Å². The number of rotatable bonds is 8. The Morgan fingerprint density at radius 1 is 0.756 bits per heavy atom. The van der Waals surface area contributed by atoms with E-state index in [-0.39, 0.29) is 23.8 Å². The largest absolute Gasteiger partial charge is 0.322 e. The van der Waals surface area contributed by atoms with E-state index in [4.69, 9.17) is 11.6 Å². The molecule has 4 rings (SSSR count). The van der Waals surface area contributed by atoms with Gasteiger partial charge in [0.15, 0.2) is 0 Å². The number of carbonyl (C=O) groups excluding carboxylic acids is 2. The van der Waals surface area contributed by atoms with Crippen LogP contribution >= 0.6 is 11.6 Å². The molecule has 2 amide bonds. The maximum atomic E-state index is 12.9. The topological polar surface area (TPSA) is 95.6 Å². The van der Waals surface area contributed by atoms with Gasteiger partial charge in [-0.15, -0.1) is 0 Å². The quantitative estimate of drug-likeness (QED) is 0.229. The summed E-state index contributed by atoms with van der Waals surface area (Å²) in [4.78, 5) is 25.7. The Labute approximate surface area is 246 Å². The Morgan fingerprint density at radius 2 is 1.27 bits per heavy atom. The second-order valence-corrected chi connectivity index (χ2v) is 13.0. The van der Waals surface area contributed by atoms with E-state index in [0.717, 1.165) is 11.8 Å². The molecule has 0 fully saturated rings. The van der Waals surface area contributed by atoms with Crippen molar-refractivity contribution in [2.45, 2.75) is 32.7 Å². The van der Waals surface area contributed by atoms with Crippen LogP contribution < -0.4 is 14.9 Å². The fraction of sp³-hybridized carbons (Fsp3) is 0.188. The number of hydrogen-bond acceptors (Lipinski definition) is 4. The fourth-order valence-corrected chi connectivity index (χ4v) is 5.24. The van der Waals surface area contributed by atoms with Crippen molar-refractivity contribution in [2.75, 3.05) is 21.2 Å². The lowest BCUT2D eigenvalue weighted by molar-refractivity contribution is 0.101. The second-order valence-electron chi connectivity index (χ2n) is 10.7. The summed E-state index contributed by atoms with van der Waals surface area (Å²) in [7, 11) is -3.62. The molecular formula is C32H32ClN3O4S. The minimum atomic E-state index is -3.62. The molecule has 0 atom stereocenters. The number of amides is 2. The number of hydrogen-bond donors (Lipinski definition) is 2. The minimum Gasteiger partial charge on any atom is -0.322 e. The van der Waals surface area contributed by atoms with Crippen LogP contribution in [0.2, 0.25) is 5.02 Å². The summed E-state index contributed by atoms with van der Waals surface area (Å²) in [6.07, 6.45) is 1.12. The van der Waals surface area contributed by atoms with E-state index in [0.29, 0.717) is 38.8 Å². The van der Waals surface area contributed by atoms with Gasteiger partial charge in [0.2, 0.25) is 10.0 Å². The molecule has 4 aromatic rings. The van der Waals surface area contributed by atoms with E-state index in [1.165, 1.54) is 4.31 Å². The van der Waals surface area contributed by atoms with Crippen molar-refractivity contribution in [1.29, 1.82) is 0 Å². The van der Waals surface area contributed by atoms with Crippen LogP contribution in [0.5, 0.6) is 0 Å². The summed E-state index contributed by atoms with van der Waals surface area (Å²) in [6.45, 7) is 6.40. The molecule has 4 aromatic carbocycles. The van der Waals surface area contributed by atoms with Crippen LogP contribution in [-0.4, -0.2) is 26.5 Å². The predicted octanol–water partition coefficient (Wildman–Crippen LogP) is 7.11. The Bertz CT molecular complexity index is 1660. The van der Waals surface area contributed by atoms with Crippen molar-refractivity contribution in [2.24, 2.45) is 0 Å². The summed E-state index contributed by atoms with van der Waals surface area (Å²) in [5, 5.41) is 6.15. The lowest BCUT2D eigenvalue weighted by Gasteiger charge is -2.23. The van der Waals surface area contributed by atoms with Crippen LogP contribution in [0.4, 0.5) is 17.1 Å². The number of halogens is 1. The molecule has 0 aromatic heterocycles. The number of sulfonamides is 1. The van der Waals surface area contributed by atoms with E-state index >= 15 is 0 Å². The lowest BCUT2D eigenvalue weighted by Crippen LogP contribution is -2.29. The Kier molecular flexibility index (Phi) is 8.85. The highest BCUT2D eigenvalue weighted by molar-refractivity contribution is 7.92. The van der Waals surface area contributed by atoms with Gasteiger partial charge >= 0.3 is 0 Å². The summed E-state index contributed by atoms with van der Waals surface area (Å²) in [6, 6.07) is 27.7. The van der Waals surface area contributed by atoms with Crippen molar-refractivity contribution < 1.29 is 18.0 Å². The van der Waals surface area contributed by atoms with Crippen LogP contribution in [0.15, 0.2) is 97.1 Å². The standard InChI is InChI=1S/C32H32ClN3O4S/c1-32(2,3)25-16-12-22(13-17-25)30(37)34-26-9-7-10-27(20-26)35-31(38)23-14-18-28(19-15-23)36(41(4,39)40)21-24-8-5-6-11-29(24)33/h5-20H,21H2,1-4H3,(H,34,37)(H,35,38). The molecule has 9 heteroatoms. The van der Waals surface area contributed by atoms with Crippen LogP contribution in [-0.2, 0) is 22.0 Å². The van der Waals surface area contributed by atoms with Crippen molar-refractivity contribution >= 4 is 50.5 Å². The Morgan fingerprint density at radius 3 is 1.76 bits per heavy atom. The van der Waals surface area contributed by atoms with Gasteiger partial charge in [0.05, 0.1) is 18.5 Å². The highest BCUT2D eigenvalue weighted by Gasteiger charge is 2.20. The third-order valence-electron chi connectivity index (χ3n) is 6.48. The van der Waals surface area contributed by atoms with Gasteiger partial charge in [-0.2, -0.15) is 0 Å². The zero-order valence-electron chi connectivity index (χ0n) is 23.3. The molecule has 0 aliphatic rings. The number of nitrogens with zero attached hydrogens (tertiary/aromatic N) is 1. The van der Waals surface area contributed by atoms with E-state index in [1.807, 2.05) is 12.1 Å². The fourth-order valence-electron chi connectivity index (χ4n) is 4.16. The SMILES string of the molecule is CC(C)(C)c1ccc(C(=O)Nc2cccc(NC(=O)c3ccc(N(Cc4ccccc4Cl)S(C)(=O)=O)cc3)c2)cc1. The monoisotopic (exact) mass is 589 g/mol. The van der Waals surface area contributed by atoms with Gasteiger partial charge in [-0.1, -0.05) is 68.8 Å². The summed E-state index contributed by atoms with van der Waals surface area (Å²) in [5.74, 6) is -0.633. The molecule has 212 valence electrons. The first-order chi connectivity index (χ1) is 19.3. The van der Waals surface area contributed by atoms with Crippen LogP contribution in [0, 0.1) is 0 Å². The molecule has 0 bridgehead atoms. The minimum absolute atomic E-state index is 0.00852. The first-order valence-corrected chi connectivity index (χ1v) is 15.2. The number of benzene rings is 4. The smallest absolute Gasteiger partial charge is 0.255 e. The number of carbonyl (C=O) groups is 2. The van der Waals surface area contributed by atoms with Gasteiger partial charge in [0, 0.05) is 27.5 Å². The summed E-state index contributed by atoms with van der Waals surface area (Å²) < 4.78 is 26.3. The normalized spacial score (nSPS) is 11.5. The van der Waals surface area contributed by atoms with Crippen LogP contribution in [0.3, 0.4) is 0 Å². The molecular weight excluding hydrogens is 558 g/mol. The molecule has 0 saturated heterocycles. The van der Waals surface area contributed by atoms with Crippen molar-refractivity contribution in [3.8, 4) is 0 Å². The average molecular weight is 590 g/mol. The number of nitrogens with one attached hydrogen (secondary N) is 2. The van der Waals surface area contributed by atoms with Crippen molar-refractivity contribution in [3.05, 3.63) is 124 Å². The first kappa shape index (κ1) is 29.8.